The van der Waals surface area contributed by atoms with Gasteiger partial charge in [-0.25, -0.2) is 14.4 Å². The third kappa shape index (κ3) is 26.8. The SMILES string of the molecule is C=C(C)C(=O)OC.C=CC(=O)OC(C)(C)C.C=CC(=O)OC(C)(C)C. The number of hydrogen-bond acceptors (Lipinski definition) is 6. The smallest absolute Gasteiger partial charge is 0.332 e. The van der Waals surface area contributed by atoms with E-state index < -0.39 is 11.2 Å². The molecular formula is C19H32O6. The summed E-state index contributed by atoms with van der Waals surface area (Å²) in [5.41, 5.74) is -0.362. The van der Waals surface area contributed by atoms with Gasteiger partial charge in [0.25, 0.3) is 0 Å². The van der Waals surface area contributed by atoms with Crippen molar-refractivity contribution in [1.29, 1.82) is 0 Å². The Balaban J connectivity index is -0.000000293. The van der Waals surface area contributed by atoms with Gasteiger partial charge in [-0.2, -0.15) is 0 Å². The molecule has 0 N–H and O–H groups in total. The number of esters is 3. The molecule has 0 atom stereocenters. The molecular weight excluding hydrogens is 324 g/mol. The van der Waals surface area contributed by atoms with Crippen LogP contribution in [-0.4, -0.2) is 36.2 Å². The number of methoxy groups -OCH3 is 1. The zero-order valence-electron chi connectivity index (χ0n) is 16.7. The summed E-state index contributed by atoms with van der Waals surface area (Å²) in [4.78, 5) is 31.2. The second kappa shape index (κ2) is 13.0. The van der Waals surface area contributed by atoms with Crippen molar-refractivity contribution < 1.29 is 28.6 Å². The van der Waals surface area contributed by atoms with Crippen LogP contribution < -0.4 is 0 Å². The maximum atomic E-state index is 10.5. The fourth-order valence-corrected chi connectivity index (χ4v) is 0.861. The van der Waals surface area contributed by atoms with Crippen molar-refractivity contribution in [3.63, 3.8) is 0 Å². The van der Waals surface area contributed by atoms with Crippen molar-refractivity contribution in [2.24, 2.45) is 0 Å². The highest BCUT2D eigenvalue weighted by Gasteiger charge is 2.13. The quantitative estimate of drug-likeness (QED) is 0.435. The normalized spacial score (nSPS) is 9.76. The molecule has 6 nitrogen and oxygen atoms in total. The molecule has 144 valence electrons. The second-order valence-electron chi connectivity index (χ2n) is 6.75. The lowest BCUT2D eigenvalue weighted by Crippen LogP contribution is -2.22. The highest BCUT2D eigenvalue weighted by Crippen LogP contribution is 2.07. The highest BCUT2D eigenvalue weighted by atomic mass is 16.6. The van der Waals surface area contributed by atoms with Crippen molar-refractivity contribution in [3.05, 3.63) is 37.5 Å². The Morgan fingerprint density at radius 3 is 1.12 bits per heavy atom. The number of ether oxygens (including phenoxy) is 3. The van der Waals surface area contributed by atoms with Gasteiger partial charge in [-0.15, -0.1) is 0 Å². The Labute approximate surface area is 151 Å². The van der Waals surface area contributed by atoms with E-state index in [-0.39, 0.29) is 17.9 Å². The average molecular weight is 356 g/mol. The molecule has 0 radical (unpaired) electrons. The molecule has 0 aromatic heterocycles. The van der Waals surface area contributed by atoms with Crippen molar-refractivity contribution >= 4 is 17.9 Å². The predicted molar refractivity (Wildman–Crippen MR) is 98.9 cm³/mol. The molecule has 0 spiro atoms. The van der Waals surface area contributed by atoms with Crippen molar-refractivity contribution in [2.75, 3.05) is 7.11 Å². The molecule has 0 aliphatic rings. The van der Waals surface area contributed by atoms with Gasteiger partial charge >= 0.3 is 17.9 Å². The van der Waals surface area contributed by atoms with E-state index in [9.17, 15) is 14.4 Å². The fourth-order valence-electron chi connectivity index (χ4n) is 0.861. The van der Waals surface area contributed by atoms with Gasteiger partial charge in [0.15, 0.2) is 0 Å². The summed E-state index contributed by atoms with van der Waals surface area (Å²) in [5, 5.41) is 0. The number of hydrogen-bond donors (Lipinski definition) is 0. The molecule has 25 heavy (non-hydrogen) atoms. The monoisotopic (exact) mass is 356 g/mol. The fraction of sp³-hybridized carbons (Fsp3) is 0.526. The minimum atomic E-state index is -0.398. The third-order valence-corrected chi connectivity index (χ3v) is 1.68. The third-order valence-electron chi connectivity index (χ3n) is 1.68. The molecule has 0 aliphatic carbocycles. The number of carbonyl (C=O) groups excluding carboxylic acids is 3. The molecule has 0 saturated heterocycles. The Morgan fingerprint density at radius 1 is 0.800 bits per heavy atom. The van der Waals surface area contributed by atoms with Crippen LogP contribution in [-0.2, 0) is 28.6 Å². The van der Waals surface area contributed by atoms with Gasteiger partial charge in [0.2, 0.25) is 0 Å². The second-order valence-corrected chi connectivity index (χ2v) is 6.75. The van der Waals surface area contributed by atoms with Gasteiger partial charge in [-0.3, -0.25) is 0 Å². The van der Waals surface area contributed by atoms with E-state index in [2.05, 4.69) is 24.5 Å². The lowest BCUT2D eigenvalue weighted by Gasteiger charge is -2.17. The van der Waals surface area contributed by atoms with Gasteiger partial charge < -0.3 is 14.2 Å². The summed E-state index contributed by atoms with van der Waals surface area (Å²) >= 11 is 0. The van der Waals surface area contributed by atoms with E-state index in [1.165, 1.54) is 7.11 Å². The van der Waals surface area contributed by atoms with Gasteiger partial charge in [0.05, 0.1) is 7.11 Å². The zero-order valence-corrected chi connectivity index (χ0v) is 16.7. The molecule has 6 heteroatoms. The Bertz CT molecular complexity index is 443. The van der Waals surface area contributed by atoms with Crippen molar-refractivity contribution in [1.82, 2.24) is 0 Å². The lowest BCUT2D eigenvalue weighted by atomic mass is 10.2. The molecule has 0 bridgehead atoms. The van der Waals surface area contributed by atoms with Crippen LogP contribution in [0.1, 0.15) is 48.5 Å². The van der Waals surface area contributed by atoms with E-state index in [1.54, 1.807) is 6.92 Å². The first-order valence-corrected chi connectivity index (χ1v) is 7.54. The van der Waals surface area contributed by atoms with Crippen LogP contribution in [0, 0.1) is 0 Å². The molecule has 0 aromatic carbocycles. The Kier molecular flexibility index (Phi) is 14.3. The van der Waals surface area contributed by atoms with Crippen molar-refractivity contribution in [2.45, 2.75) is 59.7 Å². The molecule has 0 heterocycles. The van der Waals surface area contributed by atoms with Gasteiger partial charge in [-0.1, -0.05) is 19.7 Å². The summed E-state index contributed by atoms with van der Waals surface area (Å²) in [6.07, 6.45) is 2.32. The van der Waals surface area contributed by atoms with Crippen LogP contribution >= 0.6 is 0 Å². The summed E-state index contributed by atoms with van der Waals surface area (Å²) in [7, 11) is 1.33. The van der Waals surface area contributed by atoms with E-state index >= 15 is 0 Å². The van der Waals surface area contributed by atoms with Crippen LogP contribution in [0.2, 0.25) is 0 Å². The number of carbonyl (C=O) groups is 3. The zero-order chi connectivity index (χ0) is 20.8. The lowest BCUT2D eigenvalue weighted by molar-refractivity contribution is -0.149. The predicted octanol–water partition coefficient (Wildman–Crippen LogP) is 3.76. The molecule has 0 amide bonds. The maximum absolute atomic E-state index is 10.5. The van der Waals surface area contributed by atoms with Gasteiger partial charge in [-0.05, 0) is 48.5 Å². The topological polar surface area (TPSA) is 78.9 Å². The van der Waals surface area contributed by atoms with Crippen LogP contribution in [0.5, 0.6) is 0 Å². The van der Waals surface area contributed by atoms with E-state index in [4.69, 9.17) is 9.47 Å². The largest absolute Gasteiger partial charge is 0.466 e. The summed E-state index contributed by atoms with van der Waals surface area (Å²) < 4.78 is 13.9. The van der Waals surface area contributed by atoms with Gasteiger partial charge in [0.1, 0.15) is 11.2 Å². The van der Waals surface area contributed by atoms with Crippen LogP contribution in [0.25, 0.3) is 0 Å². The minimum absolute atomic E-state index is 0.347. The summed E-state index contributed by atoms with van der Waals surface area (Å²) in [5.74, 6) is -1.09. The minimum Gasteiger partial charge on any atom is -0.466 e. The van der Waals surface area contributed by atoms with E-state index in [0.29, 0.717) is 5.57 Å². The van der Waals surface area contributed by atoms with Crippen molar-refractivity contribution in [3.8, 4) is 0 Å². The van der Waals surface area contributed by atoms with E-state index in [0.717, 1.165) is 12.2 Å². The Morgan fingerprint density at radius 2 is 1.08 bits per heavy atom. The summed E-state index contributed by atoms with van der Waals surface area (Å²) in [6.45, 7) is 22.4. The van der Waals surface area contributed by atoms with Crippen LogP contribution in [0.15, 0.2) is 37.5 Å². The first-order chi connectivity index (χ1) is 11.1. The van der Waals surface area contributed by atoms with Gasteiger partial charge in [0, 0.05) is 17.7 Å². The molecule has 0 aliphatic heterocycles. The first kappa shape index (κ1) is 27.5. The molecule has 0 aromatic rings. The average Bonchev–Trinajstić information content (AvgIpc) is 2.43. The highest BCUT2D eigenvalue weighted by molar-refractivity contribution is 5.86. The summed E-state index contributed by atoms with van der Waals surface area (Å²) in [6, 6.07) is 0. The standard InChI is InChI=1S/2C7H12O2.C5H8O2/c2*1-5-6(8)9-7(2,3)4;1-4(2)5(6)7-3/h2*5H,1H2,2-4H3;1H2,2-3H3. The first-order valence-electron chi connectivity index (χ1n) is 7.54. The number of rotatable bonds is 3. The molecule has 0 unspecified atom stereocenters. The van der Waals surface area contributed by atoms with Crippen LogP contribution in [0.3, 0.4) is 0 Å². The Hall–Kier alpha value is -2.37. The molecule has 0 fully saturated rings. The van der Waals surface area contributed by atoms with E-state index in [1.807, 2.05) is 41.5 Å². The molecule has 0 rings (SSSR count). The van der Waals surface area contributed by atoms with Crippen LogP contribution in [0.4, 0.5) is 0 Å². The molecule has 0 saturated carbocycles. The maximum Gasteiger partial charge on any atom is 0.332 e.